The first-order chi connectivity index (χ1) is 9.36. The number of pyridine rings is 1. The number of anilines is 1. The molecule has 0 aliphatic carbocycles. The summed E-state index contributed by atoms with van der Waals surface area (Å²) in [4.78, 5) is 4.26. The monoisotopic (exact) mass is 255 g/mol. The summed E-state index contributed by atoms with van der Waals surface area (Å²) in [5.41, 5.74) is 5.73. The van der Waals surface area contributed by atoms with E-state index in [-0.39, 0.29) is 0 Å². The van der Waals surface area contributed by atoms with Crippen LogP contribution in [0.25, 0.3) is 11.1 Å². The number of nitrogens with zero attached hydrogens (tertiary/aromatic N) is 2. The highest BCUT2D eigenvalue weighted by Crippen LogP contribution is 2.32. The molecule has 0 radical (unpaired) electrons. The molecule has 1 aliphatic heterocycles. The van der Waals surface area contributed by atoms with Gasteiger partial charge < -0.3 is 9.47 Å². The van der Waals surface area contributed by atoms with Gasteiger partial charge in [0.25, 0.3) is 5.88 Å². The zero-order valence-electron chi connectivity index (χ0n) is 10.3. The maximum Gasteiger partial charge on any atom is 0.257 e. The third-order valence-electron chi connectivity index (χ3n) is 2.82. The summed E-state index contributed by atoms with van der Waals surface area (Å²) < 4.78 is 10.9. The molecule has 1 aromatic heterocycles. The fourth-order valence-electron chi connectivity index (χ4n) is 1.92. The molecule has 19 heavy (non-hydrogen) atoms. The summed E-state index contributed by atoms with van der Waals surface area (Å²) in [6.45, 7) is 4.49. The zero-order valence-corrected chi connectivity index (χ0v) is 10.3. The van der Waals surface area contributed by atoms with Crippen LogP contribution in [0.15, 0.2) is 41.6 Å². The summed E-state index contributed by atoms with van der Waals surface area (Å²) in [5, 5.41) is 3.62. The molecule has 0 bridgehead atoms. The third kappa shape index (κ3) is 2.35. The van der Waals surface area contributed by atoms with Crippen LogP contribution < -0.4 is 14.9 Å². The van der Waals surface area contributed by atoms with E-state index in [1.54, 1.807) is 6.20 Å². The van der Waals surface area contributed by atoms with Crippen molar-refractivity contribution in [3.05, 3.63) is 36.5 Å². The smallest absolute Gasteiger partial charge is 0.257 e. The molecule has 0 saturated carbocycles. The molecule has 1 aliphatic rings. The van der Waals surface area contributed by atoms with Gasteiger partial charge in [0.1, 0.15) is 13.2 Å². The average molecular weight is 255 g/mol. The van der Waals surface area contributed by atoms with Crippen LogP contribution in [0.2, 0.25) is 0 Å². The lowest BCUT2D eigenvalue weighted by Gasteiger charge is -2.17. The van der Waals surface area contributed by atoms with Crippen LogP contribution in [0.1, 0.15) is 0 Å². The van der Waals surface area contributed by atoms with Crippen LogP contribution >= 0.6 is 0 Å². The number of rotatable bonds is 3. The molecule has 0 unspecified atom stereocenters. The quantitative estimate of drug-likeness (QED) is 0.676. The zero-order chi connectivity index (χ0) is 13.1. The van der Waals surface area contributed by atoms with Gasteiger partial charge in [0.2, 0.25) is 0 Å². The van der Waals surface area contributed by atoms with Crippen LogP contribution in [0, 0.1) is 0 Å². The van der Waals surface area contributed by atoms with Crippen LogP contribution in [-0.4, -0.2) is 24.9 Å². The lowest BCUT2D eigenvalue weighted by molar-refractivity contribution is 0.164. The van der Waals surface area contributed by atoms with Crippen LogP contribution in [0.4, 0.5) is 5.69 Å². The van der Waals surface area contributed by atoms with Crippen molar-refractivity contribution < 1.29 is 9.47 Å². The van der Waals surface area contributed by atoms with Crippen LogP contribution in [0.5, 0.6) is 11.6 Å². The maximum atomic E-state index is 5.52. The Labute approximate surface area is 110 Å². The molecule has 3 rings (SSSR count). The Morgan fingerprint density at radius 1 is 1.11 bits per heavy atom. The highest BCUT2D eigenvalue weighted by Gasteiger charge is 2.13. The molecule has 0 fully saturated rings. The van der Waals surface area contributed by atoms with Crippen molar-refractivity contribution in [1.82, 2.24) is 4.98 Å². The fourth-order valence-corrected chi connectivity index (χ4v) is 1.92. The van der Waals surface area contributed by atoms with Crippen molar-refractivity contribution in [2.75, 3.05) is 18.6 Å². The number of ether oxygens (including phenoxy) is 2. The summed E-state index contributed by atoms with van der Waals surface area (Å²) in [7, 11) is 0. The summed E-state index contributed by atoms with van der Waals surface area (Å²) >= 11 is 0. The predicted molar refractivity (Wildman–Crippen MR) is 73.8 cm³/mol. The van der Waals surface area contributed by atoms with Crippen LogP contribution in [-0.2, 0) is 0 Å². The van der Waals surface area contributed by atoms with Gasteiger partial charge in [0, 0.05) is 18.5 Å². The topological polar surface area (TPSA) is 55.7 Å². The minimum Gasteiger partial charge on any atom is -0.484 e. The molecule has 1 aromatic carbocycles. The Morgan fingerprint density at radius 2 is 1.89 bits per heavy atom. The average Bonchev–Trinajstić information content (AvgIpc) is 2.48. The van der Waals surface area contributed by atoms with E-state index < -0.39 is 0 Å². The lowest BCUT2D eigenvalue weighted by atomic mass is 10.1. The predicted octanol–water partition coefficient (Wildman–Crippen LogP) is 2.55. The largest absolute Gasteiger partial charge is 0.484 e. The molecule has 0 amide bonds. The van der Waals surface area contributed by atoms with Gasteiger partial charge in [-0.25, -0.2) is 4.98 Å². The van der Waals surface area contributed by atoms with E-state index in [9.17, 15) is 0 Å². The molecule has 96 valence electrons. The van der Waals surface area contributed by atoms with E-state index in [2.05, 4.69) is 22.2 Å². The third-order valence-corrected chi connectivity index (χ3v) is 2.82. The second kappa shape index (κ2) is 4.97. The number of hydrogen-bond acceptors (Lipinski definition) is 5. The standard InChI is InChI=1S/C14H13N3O2/c1-15-17-12-4-2-10(3-5-12)11-8-13-14(16-9-11)19-7-6-18-13/h2-5,8-9,17H,1,6-7H2. The van der Waals surface area contributed by atoms with E-state index in [1.165, 1.54) is 0 Å². The van der Waals surface area contributed by atoms with E-state index in [0.29, 0.717) is 24.8 Å². The highest BCUT2D eigenvalue weighted by atomic mass is 16.6. The SMILES string of the molecule is C=NNc1ccc(-c2cnc3c(c2)OCCO3)cc1. The maximum absolute atomic E-state index is 5.52. The fraction of sp³-hybridized carbons (Fsp3) is 0.143. The molecular weight excluding hydrogens is 242 g/mol. The second-order valence-electron chi connectivity index (χ2n) is 4.07. The number of hydrogen-bond donors (Lipinski definition) is 1. The van der Waals surface area contributed by atoms with E-state index >= 15 is 0 Å². The Balaban J connectivity index is 1.91. The Hall–Kier alpha value is -2.56. The Morgan fingerprint density at radius 3 is 2.68 bits per heavy atom. The van der Waals surface area contributed by atoms with Crippen molar-refractivity contribution in [1.29, 1.82) is 0 Å². The first kappa shape index (κ1) is 11.5. The number of benzene rings is 1. The van der Waals surface area contributed by atoms with Gasteiger partial charge in [0.15, 0.2) is 5.75 Å². The van der Waals surface area contributed by atoms with Gasteiger partial charge in [0.05, 0.1) is 5.69 Å². The summed E-state index contributed by atoms with van der Waals surface area (Å²) in [5.74, 6) is 1.25. The molecule has 5 heteroatoms. The summed E-state index contributed by atoms with van der Waals surface area (Å²) in [6, 6.07) is 9.78. The molecule has 2 heterocycles. The van der Waals surface area contributed by atoms with Crippen molar-refractivity contribution in [2.24, 2.45) is 5.10 Å². The first-order valence-electron chi connectivity index (χ1n) is 5.94. The van der Waals surface area contributed by atoms with E-state index in [1.807, 2.05) is 30.3 Å². The van der Waals surface area contributed by atoms with Gasteiger partial charge in [-0.05, 0) is 23.8 Å². The van der Waals surface area contributed by atoms with E-state index in [0.717, 1.165) is 16.8 Å². The Kier molecular flexibility index (Phi) is 3.02. The molecule has 5 nitrogen and oxygen atoms in total. The summed E-state index contributed by atoms with van der Waals surface area (Å²) in [6.07, 6.45) is 1.78. The van der Waals surface area contributed by atoms with Crippen molar-refractivity contribution in [3.63, 3.8) is 0 Å². The Bertz CT molecular complexity index is 596. The first-order valence-corrected chi connectivity index (χ1v) is 5.94. The normalized spacial score (nSPS) is 12.8. The number of hydrazone groups is 1. The molecule has 0 atom stereocenters. The number of fused-ring (bicyclic) bond motifs is 1. The minimum atomic E-state index is 0.550. The van der Waals surface area contributed by atoms with E-state index in [4.69, 9.17) is 9.47 Å². The molecule has 0 saturated heterocycles. The van der Waals surface area contributed by atoms with Crippen LogP contribution in [0.3, 0.4) is 0 Å². The van der Waals surface area contributed by atoms with Crippen molar-refractivity contribution in [2.45, 2.75) is 0 Å². The van der Waals surface area contributed by atoms with Gasteiger partial charge in [-0.3, -0.25) is 5.43 Å². The van der Waals surface area contributed by atoms with Crippen molar-refractivity contribution >= 4 is 12.4 Å². The highest BCUT2D eigenvalue weighted by molar-refractivity contribution is 5.67. The number of nitrogens with one attached hydrogen (secondary N) is 1. The second-order valence-corrected chi connectivity index (χ2v) is 4.07. The molecule has 1 N–H and O–H groups in total. The van der Waals surface area contributed by atoms with Gasteiger partial charge >= 0.3 is 0 Å². The molecule has 0 spiro atoms. The van der Waals surface area contributed by atoms with Gasteiger partial charge in [-0.15, -0.1) is 0 Å². The lowest BCUT2D eigenvalue weighted by Crippen LogP contribution is -2.16. The number of aromatic nitrogens is 1. The minimum absolute atomic E-state index is 0.550. The van der Waals surface area contributed by atoms with Crippen molar-refractivity contribution in [3.8, 4) is 22.8 Å². The molecule has 2 aromatic rings. The van der Waals surface area contributed by atoms with Gasteiger partial charge in [-0.2, -0.15) is 5.10 Å². The van der Waals surface area contributed by atoms with Gasteiger partial charge in [-0.1, -0.05) is 12.1 Å². The molecular formula is C14H13N3O2.